The van der Waals surface area contributed by atoms with Crippen molar-refractivity contribution in [3.63, 3.8) is 0 Å². The average molecular weight is 499 g/mol. The second kappa shape index (κ2) is 10.2. The molecule has 0 saturated carbocycles. The van der Waals surface area contributed by atoms with Crippen LogP contribution >= 0.6 is 22.6 Å². The van der Waals surface area contributed by atoms with Crippen LogP contribution in [0, 0.1) is 3.57 Å². The Morgan fingerprint density at radius 1 is 0.862 bits per heavy atom. The van der Waals surface area contributed by atoms with Gasteiger partial charge in [0.25, 0.3) is 0 Å². The Hall–Kier alpha value is -2.67. The van der Waals surface area contributed by atoms with Crippen LogP contribution in [0.4, 0.5) is 0 Å². The number of carbonyl (C=O) groups is 2. The third-order valence-electron chi connectivity index (χ3n) is 4.68. The lowest BCUT2D eigenvalue weighted by atomic mass is 9.90. The Morgan fingerprint density at radius 2 is 1.38 bits per heavy atom. The van der Waals surface area contributed by atoms with Gasteiger partial charge >= 0.3 is 5.97 Å². The molecule has 1 atom stereocenters. The van der Waals surface area contributed by atoms with Crippen molar-refractivity contribution in [1.82, 2.24) is 5.32 Å². The molecule has 1 amide bonds. The molecule has 1 N–H and O–H groups in total. The minimum Gasteiger partial charge on any atom is -0.467 e. The Kier molecular flexibility index (Phi) is 7.41. The van der Waals surface area contributed by atoms with Crippen LogP contribution in [0.2, 0.25) is 0 Å². The molecular weight excluding hydrogens is 477 g/mol. The van der Waals surface area contributed by atoms with Gasteiger partial charge in [0.2, 0.25) is 5.91 Å². The normalized spacial score (nSPS) is 11.7. The van der Waals surface area contributed by atoms with E-state index in [4.69, 9.17) is 4.74 Å². The quantitative estimate of drug-likeness (QED) is 0.389. The summed E-state index contributed by atoms with van der Waals surface area (Å²) in [7, 11) is 1.33. The predicted molar refractivity (Wildman–Crippen MR) is 122 cm³/mol. The van der Waals surface area contributed by atoms with Crippen molar-refractivity contribution in [2.75, 3.05) is 7.11 Å². The van der Waals surface area contributed by atoms with E-state index in [1.807, 2.05) is 84.9 Å². The fourth-order valence-corrected chi connectivity index (χ4v) is 3.59. The molecule has 0 aliphatic carbocycles. The van der Waals surface area contributed by atoms with Gasteiger partial charge in [0.05, 0.1) is 13.0 Å². The average Bonchev–Trinajstić information content (AvgIpc) is 2.76. The standard InChI is InChI=1S/C24H22INO3/c1-29-24(28)21(16-17-12-14-20(25)15-13-17)26-23(27)22(18-8-4-2-5-9-18)19-10-6-3-7-11-19/h2-15,21-22H,16H2,1H3,(H,26,27)/t21-/m1/s1. The molecule has 5 heteroatoms. The molecule has 3 aromatic rings. The molecule has 148 valence electrons. The van der Waals surface area contributed by atoms with Crippen LogP contribution in [0.3, 0.4) is 0 Å². The predicted octanol–water partition coefficient (Wildman–Crippen LogP) is 4.32. The topological polar surface area (TPSA) is 55.4 Å². The molecule has 0 spiro atoms. The van der Waals surface area contributed by atoms with Crippen molar-refractivity contribution in [2.45, 2.75) is 18.4 Å². The van der Waals surface area contributed by atoms with E-state index in [2.05, 4.69) is 27.9 Å². The second-order valence-corrected chi connectivity index (χ2v) is 7.91. The van der Waals surface area contributed by atoms with Crippen LogP contribution in [0.15, 0.2) is 84.9 Å². The molecule has 0 radical (unpaired) electrons. The fraction of sp³-hybridized carbons (Fsp3) is 0.167. The van der Waals surface area contributed by atoms with Gasteiger partial charge in [0.1, 0.15) is 6.04 Å². The highest BCUT2D eigenvalue weighted by Gasteiger charge is 2.28. The van der Waals surface area contributed by atoms with Gasteiger partial charge in [-0.25, -0.2) is 4.79 Å². The molecule has 0 unspecified atom stereocenters. The van der Waals surface area contributed by atoms with E-state index >= 15 is 0 Å². The summed E-state index contributed by atoms with van der Waals surface area (Å²) < 4.78 is 6.05. The Bertz CT molecular complexity index is 903. The first-order valence-corrected chi connectivity index (χ1v) is 10.4. The molecule has 0 fully saturated rings. The zero-order chi connectivity index (χ0) is 20.6. The first-order chi connectivity index (χ1) is 14.1. The number of methoxy groups -OCH3 is 1. The number of esters is 1. The van der Waals surface area contributed by atoms with E-state index in [9.17, 15) is 9.59 Å². The molecule has 0 bridgehead atoms. The van der Waals surface area contributed by atoms with E-state index in [-0.39, 0.29) is 5.91 Å². The number of hydrogen-bond donors (Lipinski definition) is 1. The number of carbonyl (C=O) groups excluding carboxylic acids is 2. The highest BCUT2D eigenvalue weighted by atomic mass is 127. The van der Waals surface area contributed by atoms with Crippen molar-refractivity contribution in [2.24, 2.45) is 0 Å². The summed E-state index contributed by atoms with van der Waals surface area (Å²) in [4.78, 5) is 25.7. The van der Waals surface area contributed by atoms with Crippen LogP contribution in [0.1, 0.15) is 22.6 Å². The van der Waals surface area contributed by atoms with Crippen LogP contribution < -0.4 is 5.32 Å². The van der Waals surface area contributed by atoms with Crippen molar-refractivity contribution >= 4 is 34.5 Å². The molecule has 0 aliphatic heterocycles. The minimum absolute atomic E-state index is 0.233. The van der Waals surface area contributed by atoms with Crippen LogP contribution in [0.25, 0.3) is 0 Å². The lowest BCUT2D eigenvalue weighted by Gasteiger charge is -2.22. The van der Waals surface area contributed by atoms with Gasteiger partial charge in [-0.05, 0) is 51.4 Å². The highest BCUT2D eigenvalue weighted by Crippen LogP contribution is 2.25. The van der Waals surface area contributed by atoms with Crippen molar-refractivity contribution in [1.29, 1.82) is 0 Å². The second-order valence-electron chi connectivity index (χ2n) is 6.67. The smallest absolute Gasteiger partial charge is 0.328 e. The number of nitrogens with one attached hydrogen (secondary N) is 1. The lowest BCUT2D eigenvalue weighted by molar-refractivity contribution is -0.145. The molecular formula is C24H22INO3. The molecule has 0 aromatic heterocycles. The molecule has 29 heavy (non-hydrogen) atoms. The van der Waals surface area contributed by atoms with Crippen molar-refractivity contribution < 1.29 is 14.3 Å². The Morgan fingerprint density at radius 3 is 1.86 bits per heavy atom. The molecule has 4 nitrogen and oxygen atoms in total. The summed E-state index contributed by atoms with van der Waals surface area (Å²) in [6.45, 7) is 0. The number of benzene rings is 3. The molecule has 0 aliphatic rings. The first kappa shape index (κ1) is 21.0. The van der Waals surface area contributed by atoms with Gasteiger partial charge in [-0.15, -0.1) is 0 Å². The van der Waals surface area contributed by atoms with E-state index in [0.29, 0.717) is 6.42 Å². The van der Waals surface area contributed by atoms with Gasteiger partial charge < -0.3 is 10.1 Å². The summed E-state index contributed by atoms with van der Waals surface area (Å²) >= 11 is 2.23. The third kappa shape index (κ3) is 5.67. The summed E-state index contributed by atoms with van der Waals surface area (Å²) in [5.41, 5.74) is 2.69. The van der Waals surface area contributed by atoms with Crippen LogP contribution in [-0.4, -0.2) is 25.0 Å². The van der Waals surface area contributed by atoms with E-state index in [0.717, 1.165) is 20.3 Å². The summed E-state index contributed by atoms with van der Waals surface area (Å²) in [5, 5.41) is 2.91. The number of hydrogen-bond acceptors (Lipinski definition) is 3. The monoisotopic (exact) mass is 499 g/mol. The number of amides is 1. The van der Waals surface area contributed by atoms with Crippen molar-refractivity contribution in [3.8, 4) is 0 Å². The number of halogens is 1. The van der Waals surface area contributed by atoms with Gasteiger partial charge in [0, 0.05) is 9.99 Å². The maximum absolute atomic E-state index is 13.3. The highest BCUT2D eigenvalue weighted by molar-refractivity contribution is 14.1. The number of rotatable bonds is 7. The number of ether oxygens (including phenoxy) is 1. The first-order valence-electron chi connectivity index (χ1n) is 9.31. The third-order valence-corrected chi connectivity index (χ3v) is 5.40. The zero-order valence-corrected chi connectivity index (χ0v) is 18.2. The molecule has 3 aromatic carbocycles. The zero-order valence-electron chi connectivity index (χ0n) is 16.0. The Balaban J connectivity index is 1.87. The van der Waals surface area contributed by atoms with Gasteiger partial charge in [-0.2, -0.15) is 0 Å². The van der Waals surface area contributed by atoms with Crippen LogP contribution in [0.5, 0.6) is 0 Å². The van der Waals surface area contributed by atoms with E-state index in [1.54, 1.807) is 0 Å². The minimum atomic E-state index is -0.762. The Labute approximate surface area is 184 Å². The molecule has 3 rings (SSSR count). The van der Waals surface area contributed by atoms with E-state index < -0.39 is 17.9 Å². The maximum atomic E-state index is 13.3. The molecule has 0 heterocycles. The molecule has 0 saturated heterocycles. The fourth-order valence-electron chi connectivity index (χ4n) is 3.23. The van der Waals surface area contributed by atoms with Crippen LogP contribution in [-0.2, 0) is 20.7 Å². The summed E-state index contributed by atoms with van der Waals surface area (Å²) in [6.07, 6.45) is 0.367. The van der Waals surface area contributed by atoms with Gasteiger partial charge in [-0.3, -0.25) is 4.79 Å². The van der Waals surface area contributed by atoms with Crippen molar-refractivity contribution in [3.05, 3.63) is 105 Å². The SMILES string of the molecule is COC(=O)[C@@H](Cc1ccc(I)cc1)NC(=O)C(c1ccccc1)c1ccccc1. The van der Waals surface area contributed by atoms with Gasteiger partial charge in [0.15, 0.2) is 0 Å². The maximum Gasteiger partial charge on any atom is 0.328 e. The van der Waals surface area contributed by atoms with E-state index in [1.165, 1.54) is 7.11 Å². The largest absolute Gasteiger partial charge is 0.467 e. The lowest BCUT2D eigenvalue weighted by Crippen LogP contribution is -2.45. The summed E-state index contributed by atoms with van der Waals surface area (Å²) in [5.74, 6) is -1.21. The van der Waals surface area contributed by atoms with Gasteiger partial charge in [-0.1, -0.05) is 72.8 Å². The summed E-state index contributed by atoms with van der Waals surface area (Å²) in [6, 6.07) is 26.2.